The van der Waals surface area contributed by atoms with Crippen LogP contribution in [0.2, 0.25) is 0 Å². The van der Waals surface area contributed by atoms with Gasteiger partial charge in [0.1, 0.15) is 26.2 Å². The quantitative estimate of drug-likeness (QED) is 0.490. The van der Waals surface area contributed by atoms with E-state index in [1.54, 1.807) is 0 Å². The van der Waals surface area contributed by atoms with Crippen LogP contribution in [0.3, 0.4) is 0 Å². The van der Waals surface area contributed by atoms with Gasteiger partial charge >= 0.3 is 0 Å². The molecule has 0 aromatic rings. The van der Waals surface area contributed by atoms with Gasteiger partial charge in [0.25, 0.3) is 0 Å². The third-order valence-corrected chi connectivity index (χ3v) is 3.03. The fourth-order valence-corrected chi connectivity index (χ4v) is 2.01. The third kappa shape index (κ3) is 7.96. The Balaban J connectivity index is 0. The van der Waals surface area contributed by atoms with E-state index in [0.29, 0.717) is 13.1 Å². The lowest BCUT2D eigenvalue weighted by atomic mass is 10.2. The summed E-state index contributed by atoms with van der Waals surface area (Å²) < 4.78 is 0. The van der Waals surface area contributed by atoms with E-state index in [-0.39, 0.29) is 23.8 Å². The van der Waals surface area contributed by atoms with Gasteiger partial charge in [-0.1, -0.05) is 0 Å². The molecular weight excluding hydrogens is 244 g/mol. The molecule has 0 unspecified atom stereocenters. The lowest BCUT2D eigenvalue weighted by molar-refractivity contribution is -1.01. The Morgan fingerprint density at radius 3 is 1.28 bits per heavy atom. The summed E-state index contributed by atoms with van der Waals surface area (Å²) in [7, 11) is 0. The molecule has 1 saturated heterocycles. The summed E-state index contributed by atoms with van der Waals surface area (Å²) in [6.07, 6.45) is 0.202. The van der Waals surface area contributed by atoms with Crippen LogP contribution in [-0.2, 0) is 9.59 Å². The first-order chi connectivity index (χ1) is 7.58. The lowest BCUT2D eigenvalue weighted by Crippen LogP contribution is -3.28. The van der Waals surface area contributed by atoms with Crippen LogP contribution in [0.1, 0.15) is 12.8 Å². The molecule has 0 atom stereocenters. The Kier molecular flexibility index (Phi) is 10.4. The number of piperazine rings is 1. The highest BCUT2D eigenvalue weighted by molar-refractivity contribution is 5.64. The molecule has 0 aliphatic carbocycles. The molecule has 1 aliphatic rings. The van der Waals surface area contributed by atoms with Gasteiger partial charge in [-0.15, -0.1) is 0 Å². The molecule has 8 heteroatoms. The number of hydrogen-bond acceptors (Lipinski definition) is 4. The standard InChI is InChI=1S/C10H18N2O4.2H2O/c13-9(14)1-3-11-5-7-12(8-6-11)4-2-10(15)16;;/h1-8H2,(H,13,14)(H,15,16);2*1H2. The number of carboxylic acid groups (broad SMARTS) is 2. The Morgan fingerprint density at radius 1 is 0.778 bits per heavy atom. The van der Waals surface area contributed by atoms with Crippen LogP contribution >= 0.6 is 0 Å². The van der Waals surface area contributed by atoms with Crippen molar-refractivity contribution in [1.29, 1.82) is 0 Å². The van der Waals surface area contributed by atoms with Gasteiger partial charge < -0.3 is 40.6 Å². The minimum atomic E-state index is -1.00. The van der Waals surface area contributed by atoms with Crippen molar-refractivity contribution in [2.75, 3.05) is 39.3 Å². The summed E-state index contributed by atoms with van der Waals surface area (Å²) in [6.45, 7) is 4.81. The highest BCUT2D eigenvalue weighted by atomic mass is 16.4. The summed E-state index contributed by atoms with van der Waals surface area (Å²) in [5, 5.41) is 20.6. The molecule has 108 valence electrons. The zero-order valence-corrected chi connectivity index (χ0v) is 10.3. The van der Waals surface area contributed by atoms with Crippen LogP contribution in [0, 0.1) is 0 Å². The van der Waals surface area contributed by atoms with E-state index in [2.05, 4.69) is 0 Å². The van der Waals surface area contributed by atoms with E-state index in [9.17, 15) is 19.8 Å². The number of carbonyl (C=O) groups excluding carboxylic acids is 2. The summed E-state index contributed by atoms with van der Waals surface area (Å²) in [6, 6.07) is 0. The molecule has 0 amide bonds. The molecule has 0 aromatic carbocycles. The minimum absolute atomic E-state index is 0. The number of carboxylic acids is 2. The summed E-state index contributed by atoms with van der Waals surface area (Å²) in [5.74, 6) is -2.00. The molecule has 8 nitrogen and oxygen atoms in total. The zero-order chi connectivity index (χ0) is 12.0. The summed E-state index contributed by atoms with van der Waals surface area (Å²) in [5.41, 5.74) is 0. The van der Waals surface area contributed by atoms with E-state index in [4.69, 9.17) is 0 Å². The van der Waals surface area contributed by atoms with Gasteiger partial charge in [0.2, 0.25) is 0 Å². The average molecular weight is 266 g/mol. The molecule has 1 rings (SSSR count). The molecule has 1 aliphatic heterocycles. The molecule has 0 saturated carbocycles. The van der Waals surface area contributed by atoms with Crippen molar-refractivity contribution in [3.05, 3.63) is 0 Å². The molecule has 6 N–H and O–H groups in total. The van der Waals surface area contributed by atoms with Crippen LogP contribution in [0.15, 0.2) is 0 Å². The van der Waals surface area contributed by atoms with Crippen molar-refractivity contribution in [2.45, 2.75) is 12.8 Å². The molecule has 0 radical (unpaired) electrons. The largest absolute Gasteiger partial charge is 0.550 e. The van der Waals surface area contributed by atoms with Crippen LogP contribution in [0.5, 0.6) is 0 Å². The number of carbonyl (C=O) groups is 2. The maximum Gasteiger partial charge on any atom is 0.127 e. The molecule has 0 spiro atoms. The Labute approximate surface area is 105 Å². The van der Waals surface area contributed by atoms with E-state index in [1.807, 2.05) is 0 Å². The first kappa shape index (κ1) is 19.1. The van der Waals surface area contributed by atoms with Crippen molar-refractivity contribution in [1.82, 2.24) is 0 Å². The molecule has 0 bridgehead atoms. The first-order valence-corrected chi connectivity index (χ1v) is 5.64. The van der Waals surface area contributed by atoms with Crippen molar-refractivity contribution >= 4 is 11.9 Å². The second-order valence-electron chi connectivity index (χ2n) is 4.24. The Hall–Kier alpha value is -1.22. The van der Waals surface area contributed by atoms with Crippen molar-refractivity contribution in [3.63, 3.8) is 0 Å². The van der Waals surface area contributed by atoms with E-state index in [0.717, 1.165) is 26.2 Å². The van der Waals surface area contributed by atoms with Gasteiger partial charge in [-0.3, -0.25) is 0 Å². The molecule has 18 heavy (non-hydrogen) atoms. The SMILES string of the molecule is O.O.O=C([O-])CC[NH+]1CC[NH+](CCC(=O)[O-])CC1. The predicted octanol–water partition coefficient (Wildman–Crippen LogP) is -7.60. The smallest absolute Gasteiger partial charge is 0.127 e. The van der Waals surface area contributed by atoms with Crippen molar-refractivity contribution in [2.24, 2.45) is 0 Å². The second-order valence-corrected chi connectivity index (χ2v) is 4.24. The van der Waals surface area contributed by atoms with Crippen LogP contribution in [0.25, 0.3) is 0 Å². The topological polar surface area (TPSA) is 152 Å². The van der Waals surface area contributed by atoms with E-state index >= 15 is 0 Å². The van der Waals surface area contributed by atoms with Gasteiger partial charge in [-0.25, -0.2) is 0 Å². The fourth-order valence-electron chi connectivity index (χ4n) is 2.01. The van der Waals surface area contributed by atoms with Crippen molar-refractivity contribution in [3.8, 4) is 0 Å². The highest BCUT2D eigenvalue weighted by Crippen LogP contribution is 1.71. The minimum Gasteiger partial charge on any atom is -0.550 e. The fraction of sp³-hybridized carbons (Fsp3) is 0.800. The maximum absolute atomic E-state index is 10.3. The predicted molar refractivity (Wildman–Crippen MR) is 57.6 cm³/mol. The Bertz CT molecular complexity index is 227. The van der Waals surface area contributed by atoms with E-state index < -0.39 is 11.9 Å². The highest BCUT2D eigenvalue weighted by Gasteiger charge is 2.21. The van der Waals surface area contributed by atoms with Crippen LogP contribution in [-0.4, -0.2) is 62.2 Å². The molecule has 1 fully saturated rings. The molecule has 1 heterocycles. The number of rotatable bonds is 6. The summed E-state index contributed by atoms with van der Waals surface area (Å²) >= 11 is 0. The summed E-state index contributed by atoms with van der Waals surface area (Å²) in [4.78, 5) is 23.1. The van der Waals surface area contributed by atoms with Crippen LogP contribution in [0.4, 0.5) is 0 Å². The number of hydrogen-bond donors (Lipinski definition) is 2. The second kappa shape index (κ2) is 9.77. The zero-order valence-electron chi connectivity index (χ0n) is 10.3. The van der Waals surface area contributed by atoms with E-state index in [1.165, 1.54) is 9.80 Å². The normalized spacial score (nSPS) is 22.4. The molecule has 0 aromatic heterocycles. The number of quaternary nitrogens is 2. The van der Waals surface area contributed by atoms with Crippen LogP contribution < -0.4 is 20.0 Å². The van der Waals surface area contributed by atoms with Crippen molar-refractivity contribution < 1.29 is 40.6 Å². The van der Waals surface area contributed by atoms with Gasteiger partial charge in [0, 0.05) is 24.8 Å². The van der Waals surface area contributed by atoms with Gasteiger partial charge in [0.15, 0.2) is 0 Å². The lowest BCUT2D eigenvalue weighted by Gasteiger charge is -2.29. The van der Waals surface area contributed by atoms with Gasteiger partial charge in [-0.05, 0) is 0 Å². The average Bonchev–Trinajstić information content (AvgIpc) is 2.25. The van der Waals surface area contributed by atoms with Gasteiger partial charge in [-0.2, -0.15) is 0 Å². The number of nitrogens with one attached hydrogen (secondary N) is 2. The Morgan fingerprint density at radius 2 is 1.06 bits per heavy atom. The maximum atomic E-state index is 10.3. The number of aliphatic carboxylic acids is 2. The van der Waals surface area contributed by atoms with Gasteiger partial charge in [0.05, 0.1) is 13.1 Å². The third-order valence-electron chi connectivity index (χ3n) is 3.03. The monoisotopic (exact) mass is 266 g/mol. The molecular formula is C10H22N2O6. The first-order valence-electron chi connectivity index (χ1n) is 5.64.